The molecule has 0 saturated heterocycles. The van der Waals surface area contributed by atoms with Crippen LogP contribution < -0.4 is 10.0 Å². The van der Waals surface area contributed by atoms with Crippen LogP contribution in [0.1, 0.15) is 12.5 Å². The number of sulfonamides is 1. The number of aryl methyl sites for hydroxylation is 1. The summed E-state index contributed by atoms with van der Waals surface area (Å²) in [4.78, 5) is 4.48. The molecule has 0 spiro atoms. The predicted octanol–water partition coefficient (Wildman–Crippen LogP) is 1.85. The Kier molecular flexibility index (Phi) is 6.10. The van der Waals surface area contributed by atoms with Gasteiger partial charge in [-0.3, -0.25) is 4.98 Å². The van der Waals surface area contributed by atoms with E-state index in [1.165, 1.54) is 0 Å². The minimum atomic E-state index is -3.56. The van der Waals surface area contributed by atoms with E-state index in [4.69, 9.17) is 0 Å². The molecule has 0 saturated carbocycles. The zero-order chi connectivity index (χ0) is 14.8. The van der Waals surface area contributed by atoms with Crippen LogP contribution in [-0.4, -0.2) is 33.0 Å². The molecule has 21 heavy (non-hydrogen) atoms. The third-order valence-corrected chi connectivity index (χ3v) is 4.63. The molecular formula is C14H20ClN3O2S. The van der Waals surface area contributed by atoms with Gasteiger partial charge in [0.05, 0.1) is 5.52 Å². The normalized spacial score (nSPS) is 12.9. The zero-order valence-electron chi connectivity index (χ0n) is 12.3. The Labute approximate surface area is 131 Å². The number of hydrogen-bond donors (Lipinski definition) is 2. The topological polar surface area (TPSA) is 71.1 Å². The summed E-state index contributed by atoms with van der Waals surface area (Å²) in [7, 11) is -1.76. The van der Waals surface area contributed by atoms with Gasteiger partial charge in [0.1, 0.15) is 4.90 Å². The Balaban J connectivity index is 0.00000220. The number of likely N-dealkylation sites (N-methyl/N-ethyl adjacent to an activating group) is 1. The molecule has 2 rings (SSSR count). The van der Waals surface area contributed by atoms with Crippen LogP contribution in [0.4, 0.5) is 0 Å². The standard InChI is InChI=1S/C14H19N3O2S.ClH/c1-10-7-12-5-4-6-13(14(12)16-8-10)20(18,19)17-9-11(2)15-3;/h4-8,11,15,17H,9H2,1-3H3;1H. The van der Waals surface area contributed by atoms with Gasteiger partial charge < -0.3 is 5.32 Å². The van der Waals surface area contributed by atoms with Crippen LogP contribution in [0.15, 0.2) is 35.4 Å². The molecule has 1 aromatic carbocycles. The second kappa shape index (κ2) is 7.17. The molecule has 1 aromatic heterocycles. The second-order valence-electron chi connectivity index (χ2n) is 4.88. The van der Waals surface area contributed by atoms with Crippen molar-refractivity contribution in [1.29, 1.82) is 0 Å². The van der Waals surface area contributed by atoms with Gasteiger partial charge in [0, 0.05) is 24.2 Å². The summed E-state index contributed by atoms with van der Waals surface area (Å²) in [5.74, 6) is 0. The molecule has 116 valence electrons. The molecular weight excluding hydrogens is 310 g/mol. The molecule has 0 aliphatic carbocycles. The number of pyridine rings is 1. The van der Waals surface area contributed by atoms with Crippen molar-refractivity contribution >= 4 is 33.3 Å². The lowest BCUT2D eigenvalue weighted by atomic mass is 10.2. The lowest BCUT2D eigenvalue weighted by molar-refractivity contribution is 0.555. The average Bonchev–Trinajstić information content (AvgIpc) is 2.43. The van der Waals surface area contributed by atoms with E-state index in [9.17, 15) is 8.42 Å². The quantitative estimate of drug-likeness (QED) is 0.878. The summed E-state index contributed by atoms with van der Waals surface area (Å²) < 4.78 is 27.3. The van der Waals surface area contributed by atoms with Crippen molar-refractivity contribution in [3.63, 3.8) is 0 Å². The van der Waals surface area contributed by atoms with Crippen molar-refractivity contribution in [3.05, 3.63) is 36.0 Å². The fraction of sp³-hybridized carbons (Fsp3) is 0.357. The van der Waals surface area contributed by atoms with E-state index in [1.54, 1.807) is 25.4 Å². The zero-order valence-corrected chi connectivity index (χ0v) is 13.9. The van der Waals surface area contributed by atoms with E-state index in [-0.39, 0.29) is 23.3 Å². The predicted molar refractivity (Wildman–Crippen MR) is 87.4 cm³/mol. The molecule has 2 aromatic rings. The molecule has 7 heteroatoms. The molecule has 1 atom stereocenters. The van der Waals surface area contributed by atoms with Crippen LogP contribution >= 0.6 is 12.4 Å². The summed E-state index contributed by atoms with van der Waals surface area (Å²) in [5, 5.41) is 3.82. The molecule has 0 amide bonds. The van der Waals surface area contributed by atoms with E-state index in [1.807, 2.05) is 26.0 Å². The van der Waals surface area contributed by atoms with Crippen LogP contribution in [0.2, 0.25) is 0 Å². The number of hydrogen-bond acceptors (Lipinski definition) is 4. The summed E-state index contributed by atoms with van der Waals surface area (Å²) in [6.45, 7) is 4.18. The lowest BCUT2D eigenvalue weighted by Crippen LogP contribution is -2.37. The van der Waals surface area contributed by atoms with Crippen molar-refractivity contribution < 1.29 is 8.42 Å². The Bertz CT molecular complexity index is 719. The van der Waals surface area contributed by atoms with Crippen molar-refractivity contribution in [2.75, 3.05) is 13.6 Å². The van der Waals surface area contributed by atoms with Crippen LogP contribution in [0, 0.1) is 6.92 Å². The number of para-hydroxylation sites is 1. The summed E-state index contributed by atoms with van der Waals surface area (Å²) >= 11 is 0. The van der Waals surface area contributed by atoms with Gasteiger partial charge in [-0.05, 0) is 38.6 Å². The number of aromatic nitrogens is 1. The van der Waals surface area contributed by atoms with E-state index >= 15 is 0 Å². The average molecular weight is 330 g/mol. The maximum absolute atomic E-state index is 12.4. The van der Waals surface area contributed by atoms with Gasteiger partial charge in [0.15, 0.2) is 0 Å². The van der Waals surface area contributed by atoms with Crippen LogP contribution in [-0.2, 0) is 10.0 Å². The molecule has 0 aliphatic heterocycles. The Morgan fingerprint density at radius 3 is 2.71 bits per heavy atom. The maximum atomic E-state index is 12.4. The Hall–Kier alpha value is -1.21. The molecule has 5 nitrogen and oxygen atoms in total. The van der Waals surface area contributed by atoms with Crippen LogP contribution in [0.25, 0.3) is 10.9 Å². The van der Waals surface area contributed by atoms with Gasteiger partial charge in [-0.2, -0.15) is 0 Å². The molecule has 0 fully saturated rings. The van der Waals surface area contributed by atoms with Crippen molar-refractivity contribution in [3.8, 4) is 0 Å². The first kappa shape index (κ1) is 17.8. The third-order valence-electron chi connectivity index (χ3n) is 3.17. The van der Waals surface area contributed by atoms with Crippen molar-refractivity contribution in [1.82, 2.24) is 15.0 Å². The molecule has 0 aliphatic rings. The largest absolute Gasteiger partial charge is 0.316 e. The first-order chi connectivity index (χ1) is 9.44. The minimum Gasteiger partial charge on any atom is -0.316 e. The number of nitrogens with zero attached hydrogens (tertiary/aromatic N) is 1. The van der Waals surface area contributed by atoms with Gasteiger partial charge in [-0.15, -0.1) is 12.4 Å². The van der Waals surface area contributed by atoms with E-state index in [2.05, 4.69) is 15.0 Å². The molecule has 1 unspecified atom stereocenters. The third kappa shape index (κ3) is 4.14. The Morgan fingerprint density at radius 1 is 1.33 bits per heavy atom. The van der Waals surface area contributed by atoms with Crippen LogP contribution in [0.3, 0.4) is 0 Å². The lowest BCUT2D eigenvalue weighted by Gasteiger charge is -2.13. The van der Waals surface area contributed by atoms with Crippen molar-refractivity contribution in [2.24, 2.45) is 0 Å². The van der Waals surface area contributed by atoms with E-state index in [0.717, 1.165) is 10.9 Å². The number of halogens is 1. The highest BCUT2D eigenvalue weighted by Crippen LogP contribution is 2.21. The maximum Gasteiger partial charge on any atom is 0.242 e. The van der Waals surface area contributed by atoms with Crippen molar-refractivity contribution in [2.45, 2.75) is 24.8 Å². The summed E-state index contributed by atoms with van der Waals surface area (Å²) in [5.41, 5.74) is 1.51. The first-order valence-electron chi connectivity index (χ1n) is 6.46. The molecule has 1 heterocycles. The minimum absolute atomic E-state index is 0. The van der Waals surface area contributed by atoms with Gasteiger partial charge >= 0.3 is 0 Å². The van der Waals surface area contributed by atoms with Gasteiger partial charge in [0.2, 0.25) is 10.0 Å². The number of rotatable bonds is 5. The highest BCUT2D eigenvalue weighted by Gasteiger charge is 2.18. The highest BCUT2D eigenvalue weighted by molar-refractivity contribution is 7.89. The smallest absolute Gasteiger partial charge is 0.242 e. The number of fused-ring (bicyclic) bond motifs is 1. The molecule has 0 bridgehead atoms. The SMILES string of the molecule is CNC(C)CNS(=O)(=O)c1cccc2cc(C)cnc12.Cl. The van der Waals surface area contributed by atoms with E-state index < -0.39 is 10.0 Å². The van der Waals surface area contributed by atoms with Gasteiger partial charge in [0.25, 0.3) is 0 Å². The van der Waals surface area contributed by atoms with E-state index in [0.29, 0.717) is 12.1 Å². The second-order valence-corrected chi connectivity index (χ2v) is 6.62. The summed E-state index contributed by atoms with van der Waals surface area (Å²) in [6.07, 6.45) is 1.68. The van der Waals surface area contributed by atoms with Crippen LogP contribution in [0.5, 0.6) is 0 Å². The fourth-order valence-electron chi connectivity index (χ4n) is 1.87. The first-order valence-corrected chi connectivity index (χ1v) is 7.94. The highest BCUT2D eigenvalue weighted by atomic mass is 35.5. The molecule has 2 N–H and O–H groups in total. The fourth-order valence-corrected chi connectivity index (χ4v) is 3.18. The number of nitrogens with one attached hydrogen (secondary N) is 2. The monoisotopic (exact) mass is 329 g/mol. The van der Waals surface area contributed by atoms with Gasteiger partial charge in [-0.1, -0.05) is 12.1 Å². The van der Waals surface area contributed by atoms with Gasteiger partial charge in [-0.25, -0.2) is 13.1 Å². The number of benzene rings is 1. The summed E-state index contributed by atoms with van der Waals surface area (Å²) in [6, 6.07) is 7.17. The Morgan fingerprint density at radius 2 is 2.05 bits per heavy atom. The molecule has 0 radical (unpaired) electrons.